The van der Waals surface area contributed by atoms with Gasteiger partial charge in [0.05, 0.1) is 23.9 Å². The number of carbonyl (C=O) groups excluding carboxylic acids is 1. The Bertz CT molecular complexity index is 835. The lowest BCUT2D eigenvalue weighted by molar-refractivity contribution is -0.119. The number of ether oxygens (including phenoxy) is 2. The first-order chi connectivity index (χ1) is 13.6. The van der Waals surface area contributed by atoms with Gasteiger partial charge in [-0.2, -0.15) is 5.10 Å². The van der Waals surface area contributed by atoms with E-state index in [0.29, 0.717) is 24.6 Å². The number of amides is 1. The predicted octanol–water partition coefficient (Wildman–Crippen LogP) is 2.65. The van der Waals surface area contributed by atoms with Crippen LogP contribution in [0.5, 0.6) is 5.75 Å². The molecule has 8 heteroatoms. The van der Waals surface area contributed by atoms with Crippen molar-refractivity contribution in [2.75, 3.05) is 31.6 Å². The number of nitrogens with zero attached hydrogens (tertiary/aromatic N) is 2. The van der Waals surface area contributed by atoms with Gasteiger partial charge >= 0.3 is 0 Å². The van der Waals surface area contributed by atoms with E-state index in [9.17, 15) is 4.79 Å². The van der Waals surface area contributed by atoms with E-state index in [1.807, 2.05) is 44.6 Å². The standard InChI is InChI=1S/C21H28N4O3.ClH/c1-14-5-6-19(20(8-14)28-13-16-4-3-7-27-16)24-21(26)18-11-22-10-17(18)15-9-23-25(2)12-15;/h5-6,8-9,12,16-18,22H,3-4,7,10-11,13H2,1-2H3,(H,24,26);1H/t16?,17-,18+;/m1./s1. The summed E-state index contributed by atoms with van der Waals surface area (Å²) in [4.78, 5) is 13.0. The maximum atomic E-state index is 13.0. The van der Waals surface area contributed by atoms with Crippen LogP contribution in [0.2, 0.25) is 0 Å². The molecule has 2 saturated heterocycles. The molecule has 2 aliphatic rings. The Morgan fingerprint density at radius 1 is 1.41 bits per heavy atom. The molecular weight excluding hydrogens is 392 g/mol. The van der Waals surface area contributed by atoms with Gasteiger partial charge in [-0.05, 0) is 43.0 Å². The van der Waals surface area contributed by atoms with Gasteiger partial charge in [-0.15, -0.1) is 12.4 Å². The average Bonchev–Trinajstić information content (AvgIpc) is 3.43. The molecule has 2 fully saturated rings. The number of aryl methyl sites for hydroxylation is 2. The number of carbonyl (C=O) groups is 1. The Labute approximate surface area is 177 Å². The van der Waals surface area contributed by atoms with Gasteiger partial charge < -0.3 is 20.1 Å². The highest BCUT2D eigenvalue weighted by atomic mass is 35.5. The minimum Gasteiger partial charge on any atom is -0.489 e. The summed E-state index contributed by atoms with van der Waals surface area (Å²) in [7, 11) is 1.89. The van der Waals surface area contributed by atoms with Crippen molar-refractivity contribution >= 4 is 24.0 Å². The number of hydrogen-bond donors (Lipinski definition) is 2. The van der Waals surface area contributed by atoms with E-state index in [1.54, 1.807) is 4.68 Å². The van der Waals surface area contributed by atoms with E-state index in [-0.39, 0.29) is 36.3 Å². The summed E-state index contributed by atoms with van der Waals surface area (Å²) >= 11 is 0. The monoisotopic (exact) mass is 420 g/mol. The van der Waals surface area contributed by atoms with Crippen molar-refractivity contribution < 1.29 is 14.3 Å². The normalized spacial score (nSPS) is 23.6. The molecule has 4 rings (SSSR count). The van der Waals surface area contributed by atoms with Gasteiger partial charge in [0.15, 0.2) is 0 Å². The van der Waals surface area contributed by atoms with E-state index < -0.39 is 0 Å². The summed E-state index contributed by atoms with van der Waals surface area (Å²) < 4.78 is 13.4. The van der Waals surface area contributed by atoms with E-state index in [2.05, 4.69) is 15.7 Å². The van der Waals surface area contributed by atoms with Crippen LogP contribution in [0.15, 0.2) is 30.6 Å². The fourth-order valence-corrected chi connectivity index (χ4v) is 3.97. The highest BCUT2D eigenvalue weighted by molar-refractivity contribution is 5.95. The van der Waals surface area contributed by atoms with Crippen LogP contribution < -0.4 is 15.4 Å². The molecule has 1 aromatic carbocycles. The van der Waals surface area contributed by atoms with Crippen LogP contribution in [0.3, 0.4) is 0 Å². The lowest BCUT2D eigenvalue weighted by atomic mass is 9.90. The van der Waals surface area contributed by atoms with Crippen LogP contribution in [0.1, 0.15) is 29.9 Å². The summed E-state index contributed by atoms with van der Waals surface area (Å²) in [6, 6.07) is 5.87. The number of halogens is 1. The molecule has 2 N–H and O–H groups in total. The molecule has 0 spiro atoms. The molecule has 29 heavy (non-hydrogen) atoms. The molecule has 0 saturated carbocycles. The van der Waals surface area contributed by atoms with Crippen molar-refractivity contribution in [2.45, 2.75) is 31.8 Å². The quantitative estimate of drug-likeness (QED) is 0.751. The van der Waals surface area contributed by atoms with Gasteiger partial charge in [0, 0.05) is 38.9 Å². The molecule has 2 aliphatic heterocycles. The fraction of sp³-hybridized carbons (Fsp3) is 0.524. The topological polar surface area (TPSA) is 77.4 Å². The summed E-state index contributed by atoms with van der Waals surface area (Å²) in [5.74, 6) is 0.685. The van der Waals surface area contributed by atoms with Gasteiger partial charge in [0.2, 0.25) is 5.91 Å². The molecule has 0 aliphatic carbocycles. The lowest BCUT2D eigenvalue weighted by Crippen LogP contribution is -2.28. The van der Waals surface area contributed by atoms with Crippen LogP contribution in [-0.2, 0) is 16.6 Å². The third-order valence-electron chi connectivity index (χ3n) is 5.55. The zero-order valence-electron chi connectivity index (χ0n) is 16.9. The molecule has 2 aromatic rings. The second-order valence-corrected chi connectivity index (χ2v) is 7.75. The minimum atomic E-state index is -0.142. The number of anilines is 1. The van der Waals surface area contributed by atoms with Crippen molar-refractivity contribution in [1.29, 1.82) is 0 Å². The highest BCUT2D eigenvalue weighted by Gasteiger charge is 2.35. The van der Waals surface area contributed by atoms with Crippen molar-refractivity contribution in [2.24, 2.45) is 13.0 Å². The van der Waals surface area contributed by atoms with Crippen LogP contribution in [0.4, 0.5) is 5.69 Å². The Morgan fingerprint density at radius 3 is 3.00 bits per heavy atom. The number of hydrogen-bond acceptors (Lipinski definition) is 5. The molecule has 7 nitrogen and oxygen atoms in total. The van der Waals surface area contributed by atoms with E-state index in [1.165, 1.54) is 0 Å². The zero-order chi connectivity index (χ0) is 19.5. The molecule has 158 valence electrons. The van der Waals surface area contributed by atoms with Crippen LogP contribution in [-0.4, -0.2) is 48.1 Å². The van der Waals surface area contributed by atoms with Crippen molar-refractivity contribution in [3.63, 3.8) is 0 Å². The first kappa shape index (κ1) is 21.6. The number of rotatable bonds is 6. The van der Waals surface area contributed by atoms with Gasteiger partial charge in [0.25, 0.3) is 0 Å². The van der Waals surface area contributed by atoms with E-state index >= 15 is 0 Å². The SMILES string of the molecule is Cc1ccc(NC(=O)[C@H]2CNC[C@@H]2c2cnn(C)c2)c(OCC2CCCO2)c1.Cl. The summed E-state index contributed by atoms with van der Waals surface area (Å²) in [6.07, 6.45) is 6.07. The van der Waals surface area contributed by atoms with Crippen LogP contribution in [0.25, 0.3) is 0 Å². The molecule has 1 amide bonds. The number of nitrogens with one attached hydrogen (secondary N) is 2. The number of aromatic nitrogens is 2. The lowest BCUT2D eigenvalue weighted by Gasteiger charge is -2.19. The maximum Gasteiger partial charge on any atom is 0.229 e. The van der Waals surface area contributed by atoms with E-state index in [0.717, 1.165) is 37.1 Å². The third-order valence-corrected chi connectivity index (χ3v) is 5.55. The summed E-state index contributed by atoms with van der Waals surface area (Å²) in [5, 5.41) is 10.7. The molecule has 1 unspecified atom stereocenters. The smallest absolute Gasteiger partial charge is 0.229 e. The summed E-state index contributed by atoms with van der Waals surface area (Å²) in [6.45, 7) is 4.76. The van der Waals surface area contributed by atoms with Crippen LogP contribution >= 0.6 is 12.4 Å². The first-order valence-electron chi connectivity index (χ1n) is 9.95. The van der Waals surface area contributed by atoms with Crippen molar-refractivity contribution in [3.8, 4) is 5.75 Å². The maximum absolute atomic E-state index is 13.0. The second-order valence-electron chi connectivity index (χ2n) is 7.75. The summed E-state index contributed by atoms with van der Waals surface area (Å²) in [5.41, 5.74) is 2.90. The van der Waals surface area contributed by atoms with E-state index in [4.69, 9.17) is 9.47 Å². The largest absolute Gasteiger partial charge is 0.489 e. The van der Waals surface area contributed by atoms with Gasteiger partial charge in [-0.3, -0.25) is 9.48 Å². The minimum absolute atomic E-state index is 0. The van der Waals surface area contributed by atoms with Crippen LogP contribution in [0, 0.1) is 12.8 Å². The fourth-order valence-electron chi connectivity index (χ4n) is 3.97. The molecule has 0 bridgehead atoms. The van der Waals surface area contributed by atoms with Gasteiger partial charge in [0.1, 0.15) is 12.4 Å². The molecule has 3 atom stereocenters. The van der Waals surface area contributed by atoms with Gasteiger partial charge in [-0.25, -0.2) is 0 Å². The predicted molar refractivity (Wildman–Crippen MR) is 114 cm³/mol. The van der Waals surface area contributed by atoms with Crippen molar-refractivity contribution in [1.82, 2.24) is 15.1 Å². The Morgan fingerprint density at radius 2 is 2.28 bits per heavy atom. The van der Waals surface area contributed by atoms with Gasteiger partial charge in [-0.1, -0.05) is 6.07 Å². The Balaban J connectivity index is 0.00000240. The highest BCUT2D eigenvalue weighted by Crippen LogP contribution is 2.31. The average molecular weight is 421 g/mol. The Hall–Kier alpha value is -2.09. The molecule has 3 heterocycles. The molecule has 1 aromatic heterocycles. The second kappa shape index (κ2) is 9.61. The zero-order valence-corrected chi connectivity index (χ0v) is 17.7. The Kier molecular flexibility index (Phi) is 7.16. The third kappa shape index (κ3) is 5.10. The first-order valence-corrected chi connectivity index (χ1v) is 9.95. The molecule has 0 radical (unpaired) electrons. The number of benzene rings is 1. The van der Waals surface area contributed by atoms with Crippen molar-refractivity contribution in [3.05, 3.63) is 41.7 Å². The molecular formula is C21H29ClN4O3.